The molecule has 2 nitrogen and oxygen atoms in total. The highest BCUT2D eigenvalue weighted by molar-refractivity contribution is 5.98. The predicted octanol–water partition coefficient (Wildman–Crippen LogP) is 6.97. The first-order chi connectivity index (χ1) is 15.1. The number of carbonyl (C=O) groups is 1. The molecule has 4 atom stereocenters. The molecule has 2 saturated carbocycles. The molecule has 0 aromatic heterocycles. The Labute approximate surface area is 187 Å². The third kappa shape index (κ3) is 3.33. The maximum Gasteiger partial charge on any atom is 0.163 e. The zero-order chi connectivity index (χ0) is 21.0. The molecule has 1 saturated heterocycles. The lowest BCUT2D eigenvalue weighted by Crippen LogP contribution is -2.37. The Morgan fingerprint density at radius 1 is 0.935 bits per heavy atom. The van der Waals surface area contributed by atoms with Crippen molar-refractivity contribution in [2.45, 2.75) is 83.5 Å². The molecule has 5 aliphatic rings. The second-order valence-corrected chi connectivity index (χ2v) is 11.3. The first-order valence-corrected chi connectivity index (χ1v) is 12.9. The van der Waals surface area contributed by atoms with Gasteiger partial charge in [0.1, 0.15) is 0 Å². The van der Waals surface area contributed by atoms with Gasteiger partial charge in [-0.15, -0.1) is 0 Å². The number of fused-ring (bicyclic) bond motifs is 4. The normalized spacial score (nSPS) is 35.4. The molecular weight excluding hydrogens is 378 g/mol. The van der Waals surface area contributed by atoms with Gasteiger partial charge in [-0.05, 0) is 116 Å². The van der Waals surface area contributed by atoms with Crippen LogP contribution in [0.15, 0.2) is 47.1 Å². The zero-order valence-electron chi connectivity index (χ0n) is 19.2. The highest BCUT2D eigenvalue weighted by atomic mass is 16.1. The molecule has 0 spiro atoms. The van der Waals surface area contributed by atoms with Gasteiger partial charge in [-0.3, -0.25) is 4.79 Å². The fourth-order valence-corrected chi connectivity index (χ4v) is 7.87. The summed E-state index contributed by atoms with van der Waals surface area (Å²) in [5.41, 5.74) is 7.87. The van der Waals surface area contributed by atoms with Crippen LogP contribution in [0.5, 0.6) is 0 Å². The van der Waals surface area contributed by atoms with Gasteiger partial charge in [0.15, 0.2) is 5.78 Å². The van der Waals surface area contributed by atoms with Gasteiger partial charge in [-0.25, -0.2) is 0 Å². The first-order valence-electron chi connectivity index (χ1n) is 12.9. The average Bonchev–Trinajstić information content (AvgIpc) is 3.21. The number of nitrogens with zero attached hydrogens (tertiary/aromatic N) is 1. The summed E-state index contributed by atoms with van der Waals surface area (Å²) in [5.74, 6) is 2.05. The van der Waals surface area contributed by atoms with Crippen LogP contribution in [0.25, 0.3) is 0 Å². The van der Waals surface area contributed by atoms with Crippen molar-refractivity contribution >= 4 is 11.5 Å². The summed E-state index contributed by atoms with van der Waals surface area (Å²) in [6.07, 6.45) is 16.3. The van der Waals surface area contributed by atoms with Crippen LogP contribution >= 0.6 is 0 Å². The summed E-state index contributed by atoms with van der Waals surface area (Å²) in [4.78, 5) is 15.6. The van der Waals surface area contributed by atoms with E-state index in [2.05, 4.69) is 36.1 Å². The van der Waals surface area contributed by atoms with Crippen molar-refractivity contribution in [3.8, 4) is 0 Å². The highest BCUT2D eigenvalue weighted by Crippen LogP contribution is 2.60. The van der Waals surface area contributed by atoms with Crippen molar-refractivity contribution in [2.75, 3.05) is 18.0 Å². The van der Waals surface area contributed by atoms with Gasteiger partial charge in [0.25, 0.3) is 0 Å². The second-order valence-electron chi connectivity index (χ2n) is 11.3. The van der Waals surface area contributed by atoms with E-state index >= 15 is 0 Å². The molecule has 0 radical (unpaired) electrons. The summed E-state index contributed by atoms with van der Waals surface area (Å²) in [5, 5.41) is 0. The number of rotatable bonds is 2. The molecule has 1 aromatic carbocycles. The quantitative estimate of drug-likeness (QED) is 0.520. The largest absolute Gasteiger partial charge is 0.372 e. The number of hydrogen-bond donors (Lipinski definition) is 0. The highest BCUT2D eigenvalue weighted by Gasteiger charge is 2.49. The Morgan fingerprint density at radius 3 is 2.55 bits per heavy atom. The molecule has 164 valence electrons. The first kappa shape index (κ1) is 19.8. The van der Waals surface area contributed by atoms with E-state index in [0.717, 1.165) is 24.7 Å². The molecular formula is C29H37NO. The van der Waals surface area contributed by atoms with Crippen LogP contribution in [0.2, 0.25) is 0 Å². The number of anilines is 1. The Bertz CT molecular complexity index is 932. The summed E-state index contributed by atoms with van der Waals surface area (Å²) in [6.45, 7) is 4.91. The fourth-order valence-electron chi connectivity index (χ4n) is 7.87. The summed E-state index contributed by atoms with van der Waals surface area (Å²) < 4.78 is 0. The lowest BCUT2D eigenvalue weighted by atomic mass is 9.57. The number of hydrogen-bond acceptors (Lipinski definition) is 2. The lowest BCUT2D eigenvalue weighted by molar-refractivity contribution is -0.116. The van der Waals surface area contributed by atoms with Crippen molar-refractivity contribution in [3.05, 3.63) is 52.6 Å². The average molecular weight is 416 g/mol. The molecule has 6 rings (SSSR count). The Balaban J connectivity index is 1.28. The van der Waals surface area contributed by atoms with Gasteiger partial charge in [0, 0.05) is 18.8 Å². The van der Waals surface area contributed by atoms with E-state index in [9.17, 15) is 4.79 Å². The van der Waals surface area contributed by atoms with E-state index in [1.807, 2.05) is 6.08 Å². The topological polar surface area (TPSA) is 20.3 Å². The lowest BCUT2D eigenvalue weighted by Gasteiger charge is -2.47. The van der Waals surface area contributed by atoms with Crippen molar-refractivity contribution in [1.29, 1.82) is 0 Å². The van der Waals surface area contributed by atoms with Crippen LogP contribution in [0.4, 0.5) is 5.69 Å². The van der Waals surface area contributed by atoms with Gasteiger partial charge >= 0.3 is 0 Å². The SMILES string of the molecule is C[C@@]12CCC[C@H]1[C@@H]1CCC3=CC(=O)C(c4ccc(N5CCCCC5)cc4)CC3=C1CC2. The molecule has 1 aliphatic heterocycles. The van der Waals surface area contributed by atoms with Crippen molar-refractivity contribution < 1.29 is 4.79 Å². The van der Waals surface area contributed by atoms with Crippen LogP contribution in [-0.2, 0) is 4.79 Å². The fraction of sp³-hybridized carbons (Fsp3) is 0.621. The molecule has 1 aromatic rings. The van der Waals surface area contributed by atoms with Gasteiger partial charge in [0.2, 0.25) is 0 Å². The van der Waals surface area contributed by atoms with Crippen molar-refractivity contribution in [2.24, 2.45) is 17.3 Å². The monoisotopic (exact) mass is 415 g/mol. The maximum absolute atomic E-state index is 13.1. The van der Waals surface area contributed by atoms with E-state index < -0.39 is 0 Å². The van der Waals surface area contributed by atoms with Crippen LogP contribution in [-0.4, -0.2) is 18.9 Å². The minimum absolute atomic E-state index is 0.0253. The zero-order valence-corrected chi connectivity index (χ0v) is 19.2. The van der Waals surface area contributed by atoms with Crippen molar-refractivity contribution in [3.63, 3.8) is 0 Å². The van der Waals surface area contributed by atoms with Gasteiger partial charge in [-0.1, -0.05) is 31.1 Å². The second kappa shape index (κ2) is 7.64. The number of allylic oxidation sites excluding steroid dienone is 4. The standard InChI is InChI=1S/C29H37NO/c1-29-14-5-6-27(29)24-12-9-21-18-28(31)26(19-25(21)23(24)13-15-29)20-7-10-22(11-8-20)30-16-3-2-4-17-30/h7-8,10-11,18,24,26-27H,2-6,9,12-17,19H2,1H3/t24-,26?,27+,29+/m1/s1. The molecule has 1 heterocycles. The molecule has 0 bridgehead atoms. The predicted molar refractivity (Wildman–Crippen MR) is 127 cm³/mol. The molecule has 31 heavy (non-hydrogen) atoms. The summed E-state index contributed by atoms with van der Waals surface area (Å²) in [6, 6.07) is 9.01. The van der Waals surface area contributed by atoms with Crippen LogP contribution in [0.1, 0.15) is 89.0 Å². The third-order valence-electron chi connectivity index (χ3n) is 9.64. The summed E-state index contributed by atoms with van der Waals surface area (Å²) >= 11 is 0. The number of ketones is 1. The van der Waals surface area contributed by atoms with Gasteiger partial charge in [-0.2, -0.15) is 0 Å². The third-order valence-corrected chi connectivity index (χ3v) is 9.64. The molecule has 0 amide bonds. The van der Waals surface area contributed by atoms with Gasteiger partial charge in [0.05, 0.1) is 5.92 Å². The van der Waals surface area contributed by atoms with E-state index in [-0.39, 0.29) is 5.92 Å². The Kier molecular flexibility index (Phi) is 4.89. The Hall–Kier alpha value is -1.83. The smallest absolute Gasteiger partial charge is 0.163 e. The molecule has 4 aliphatic carbocycles. The Morgan fingerprint density at radius 2 is 1.74 bits per heavy atom. The molecule has 1 unspecified atom stereocenters. The van der Waals surface area contributed by atoms with Crippen LogP contribution in [0, 0.1) is 17.3 Å². The molecule has 0 N–H and O–H groups in total. The minimum Gasteiger partial charge on any atom is -0.372 e. The molecule has 3 fully saturated rings. The van der Waals surface area contributed by atoms with Crippen molar-refractivity contribution in [1.82, 2.24) is 0 Å². The van der Waals surface area contributed by atoms with E-state index in [1.165, 1.54) is 87.7 Å². The number of carbonyl (C=O) groups excluding carboxylic acids is 1. The molecule has 2 heteroatoms. The number of piperidine rings is 1. The number of benzene rings is 1. The van der Waals surface area contributed by atoms with E-state index in [0.29, 0.717) is 11.2 Å². The van der Waals surface area contributed by atoms with Crippen LogP contribution in [0.3, 0.4) is 0 Å². The van der Waals surface area contributed by atoms with E-state index in [1.54, 1.807) is 11.1 Å². The van der Waals surface area contributed by atoms with Gasteiger partial charge < -0.3 is 4.90 Å². The maximum atomic E-state index is 13.1. The minimum atomic E-state index is 0.0253. The van der Waals surface area contributed by atoms with E-state index in [4.69, 9.17) is 0 Å². The summed E-state index contributed by atoms with van der Waals surface area (Å²) in [7, 11) is 0. The van der Waals surface area contributed by atoms with Crippen LogP contribution < -0.4 is 4.90 Å².